The molecule has 0 spiro atoms. The number of carbonyl (C=O) groups is 1. The van der Waals surface area contributed by atoms with Crippen molar-refractivity contribution in [3.63, 3.8) is 0 Å². The zero-order valence-corrected chi connectivity index (χ0v) is 11.2. The van der Waals surface area contributed by atoms with Crippen LogP contribution in [0.1, 0.15) is 34.1 Å². The number of rotatable bonds is 2. The van der Waals surface area contributed by atoms with Gasteiger partial charge in [0.1, 0.15) is 0 Å². The van der Waals surface area contributed by atoms with E-state index in [0.29, 0.717) is 25.0 Å². The Bertz CT molecular complexity index is 347. The molecule has 0 saturated carbocycles. The summed E-state index contributed by atoms with van der Waals surface area (Å²) in [5.41, 5.74) is 1.41. The Hall–Kier alpha value is -0.830. The van der Waals surface area contributed by atoms with Crippen LogP contribution in [-0.2, 0) is 14.3 Å². The first-order chi connectivity index (χ1) is 7.94. The molecule has 0 aromatic heterocycles. The van der Waals surface area contributed by atoms with Crippen LogP contribution in [0.5, 0.6) is 0 Å². The van der Waals surface area contributed by atoms with Crippen molar-refractivity contribution in [1.29, 1.82) is 0 Å². The molecule has 1 fully saturated rings. The van der Waals surface area contributed by atoms with E-state index in [9.17, 15) is 4.79 Å². The highest BCUT2D eigenvalue weighted by Crippen LogP contribution is 2.48. The van der Waals surface area contributed by atoms with Gasteiger partial charge in [-0.2, -0.15) is 0 Å². The van der Waals surface area contributed by atoms with Crippen molar-refractivity contribution in [3.05, 3.63) is 11.6 Å². The molecular formula is C14H22O3. The smallest absolute Gasteiger partial charge is 0.302 e. The van der Waals surface area contributed by atoms with Gasteiger partial charge in [-0.15, -0.1) is 0 Å². The molecule has 0 unspecified atom stereocenters. The molecule has 1 aliphatic heterocycles. The fraction of sp³-hybridized carbons (Fsp3) is 0.786. The third kappa shape index (κ3) is 2.25. The fourth-order valence-corrected chi connectivity index (χ4v) is 3.10. The maximum absolute atomic E-state index is 11.0. The van der Waals surface area contributed by atoms with Gasteiger partial charge < -0.3 is 9.47 Å². The van der Waals surface area contributed by atoms with Crippen LogP contribution in [0.15, 0.2) is 11.6 Å². The number of ether oxygens (including phenoxy) is 2. The third-order valence-electron chi connectivity index (χ3n) is 4.45. The summed E-state index contributed by atoms with van der Waals surface area (Å²) in [6, 6.07) is 0. The summed E-state index contributed by atoms with van der Waals surface area (Å²) in [7, 11) is 0. The first-order valence-corrected chi connectivity index (χ1v) is 6.38. The molecule has 0 amide bonds. The monoisotopic (exact) mass is 238 g/mol. The van der Waals surface area contributed by atoms with Crippen molar-refractivity contribution in [2.45, 2.75) is 40.2 Å². The average molecular weight is 238 g/mol. The zero-order chi connectivity index (χ0) is 12.6. The van der Waals surface area contributed by atoms with Crippen LogP contribution in [0.4, 0.5) is 0 Å². The third-order valence-corrected chi connectivity index (χ3v) is 4.45. The Balaban J connectivity index is 2.19. The highest BCUT2D eigenvalue weighted by atomic mass is 16.5. The van der Waals surface area contributed by atoms with E-state index in [1.54, 1.807) is 0 Å². The second-order valence-corrected chi connectivity index (χ2v) is 5.67. The summed E-state index contributed by atoms with van der Waals surface area (Å²) in [5, 5.41) is 0. The number of hydrogen-bond donors (Lipinski definition) is 0. The molecule has 2 bridgehead atoms. The number of carbonyl (C=O) groups excluding carboxylic acids is 1. The lowest BCUT2D eigenvalue weighted by molar-refractivity contribution is -0.159. The van der Waals surface area contributed by atoms with Gasteiger partial charge >= 0.3 is 5.97 Å². The van der Waals surface area contributed by atoms with Gasteiger partial charge in [0.05, 0.1) is 19.3 Å². The summed E-state index contributed by atoms with van der Waals surface area (Å²) in [6.45, 7) is 9.16. The molecule has 0 radical (unpaired) electrons. The molecule has 3 nitrogen and oxygen atoms in total. The second kappa shape index (κ2) is 4.45. The topological polar surface area (TPSA) is 35.5 Å². The molecular weight excluding hydrogens is 216 g/mol. The molecule has 0 N–H and O–H groups in total. The van der Waals surface area contributed by atoms with E-state index in [1.165, 1.54) is 12.5 Å². The second-order valence-electron chi connectivity index (χ2n) is 5.67. The first-order valence-electron chi connectivity index (χ1n) is 6.38. The Morgan fingerprint density at radius 1 is 1.59 bits per heavy atom. The molecule has 4 atom stereocenters. The minimum Gasteiger partial charge on any atom is -0.465 e. The minimum atomic E-state index is -0.201. The van der Waals surface area contributed by atoms with E-state index in [0.717, 1.165) is 6.42 Å². The van der Waals surface area contributed by atoms with Gasteiger partial charge in [0, 0.05) is 18.3 Å². The molecule has 0 aromatic rings. The predicted octanol–water partition coefficient (Wildman–Crippen LogP) is 2.56. The molecule has 1 saturated heterocycles. The van der Waals surface area contributed by atoms with Crippen LogP contribution in [0.2, 0.25) is 0 Å². The number of fused-ring (bicyclic) bond motifs is 2. The quantitative estimate of drug-likeness (QED) is 0.548. The van der Waals surface area contributed by atoms with E-state index in [2.05, 4.69) is 26.8 Å². The highest BCUT2D eigenvalue weighted by Gasteiger charge is 2.47. The van der Waals surface area contributed by atoms with Crippen molar-refractivity contribution in [2.75, 3.05) is 13.2 Å². The summed E-state index contributed by atoms with van der Waals surface area (Å²) in [5.74, 6) is 0.689. The largest absolute Gasteiger partial charge is 0.465 e. The zero-order valence-electron chi connectivity index (χ0n) is 11.2. The van der Waals surface area contributed by atoms with Crippen LogP contribution < -0.4 is 0 Å². The van der Waals surface area contributed by atoms with Crippen molar-refractivity contribution in [1.82, 2.24) is 0 Å². The van der Waals surface area contributed by atoms with Crippen molar-refractivity contribution >= 4 is 5.97 Å². The Labute approximate surface area is 103 Å². The van der Waals surface area contributed by atoms with E-state index >= 15 is 0 Å². The fourth-order valence-electron chi connectivity index (χ4n) is 3.10. The van der Waals surface area contributed by atoms with Gasteiger partial charge in [-0.25, -0.2) is 0 Å². The van der Waals surface area contributed by atoms with Crippen molar-refractivity contribution < 1.29 is 14.3 Å². The van der Waals surface area contributed by atoms with Crippen molar-refractivity contribution in [3.8, 4) is 0 Å². The van der Waals surface area contributed by atoms with E-state index < -0.39 is 0 Å². The standard InChI is InChI=1S/C14H22O3/c1-9-5-10(2)14(8-17-12(4)15)6-13(9)11(3)16-7-14/h5,10-11,13H,6-8H2,1-4H3/t10-,11+,13-,14+/m0/s1. The Morgan fingerprint density at radius 3 is 2.94 bits per heavy atom. The maximum Gasteiger partial charge on any atom is 0.302 e. The van der Waals surface area contributed by atoms with Crippen LogP contribution in [-0.4, -0.2) is 25.3 Å². The summed E-state index contributed by atoms with van der Waals surface area (Å²) in [4.78, 5) is 11.0. The normalized spacial score (nSPS) is 40.7. The molecule has 1 heterocycles. The van der Waals surface area contributed by atoms with Gasteiger partial charge in [-0.05, 0) is 26.2 Å². The Morgan fingerprint density at radius 2 is 2.29 bits per heavy atom. The molecule has 96 valence electrons. The lowest BCUT2D eigenvalue weighted by Gasteiger charge is -2.49. The van der Waals surface area contributed by atoms with E-state index in [1.807, 2.05) is 0 Å². The molecule has 1 aliphatic carbocycles. The number of hydrogen-bond acceptors (Lipinski definition) is 3. The SMILES string of the molecule is CC(=O)OC[C@]12CO[C@H](C)[C@@H](C1)C(C)=C[C@@H]2C. The summed E-state index contributed by atoms with van der Waals surface area (Å²) >= 11 is 0. The van der Waals surface area contributed by atoms with Gasteiger partial charge in [-0.3, -0.25) is 4.79 Å². The molecule has 17 heavy (non-hydrogen) atoms. The van der Waals surface area contributed by atoms with Gasteiger partial charge in [0.15, 0.2) is 0 Å². The molecule has 2 aliphatic rings. The molecule has 3 heteroatoms. The first kappa shape index (κ1) is 12.6. The van der Waals surface area contributed by atoms with Crippen LogP contribution in [0, 0.1) is 17.3 Å². The van der Waals surface area contributed by atoms with Gasteiger partial charge in [0.25, 0.3) is 0 Å². The van der Waals surface area contributed by atoms with Crippen LogP contribution >= 0.6 is 0 Å². The highest BCUT2D eigenvalue weighted by molar-refractivity contribution is 5.65. The lowest BCUT2D eigenvalue weighted by Crippen LogP contribution is -2.50. The van der Waals surface area contributed by atoms with Crippen LogP contribution in [0.3, 0.4) is 0 Å². The summed E-state index contributed by atoms with van der Waals surface area (Å²) < 4.78 is 11.1. The number of esters is 1. The summed E-state index contributed by atoms with van der Waals surface area (Å²) in [6.07, 6.45) is 3.69. The van der Waals surface area contributed by atoms with E-state index in [-0.39, 0.29) is 17.5 Å². The Kier molecular flexibility index (Phi) is 3.30. The predicted molar refractivity (Wildman–Crippen MR) is 65.5 cm³/mol. The van der Waals surface area contributed by atoms with Gasteiger partial charge in [0.2, 0.25) is 0 Å². The minimum absolute atomic E-state index is 0.0116. The van der Waals surface area contributed by atoms with Gasteiger partial charge in [-0.1, -0.05) is 18.6 Å². The number of allylic oxidation sites excluding steroid dienone is 1. The average Bonchev–Trinajstić information content (AvgIpc) is 2.27. The van der Waals surface area contributed by atoms with Crippen LogP contribution in [0.25, 0.3) is 0 Å². The maximum atomic E-state index is 11.0. The molecule has 0 aromatic carbocycles. The lowest BCUT2D eigenvalue weighted by atomic mass is 9.63. The van der Waals surface area contributed by atoms with E-state index in [4.69, 9.17) is 9.47 Å². The van der Waals surface area contributed by atoms with Crippen molar-refractivity contribution in [2.24, 2.45) is 17.3 Å². The molecule has 2 rings (SSSR count).